The Labute approximate surface area is 119 Å². The van der Waals surface area contributed by atoms with E-state index in [0.717, 1.165) is 21.1 Å². The molecule has 0 bridgehead atoms. The Balaban J connectivity index is 2.17. The summed E-state index contributed by atoms with van der Waals surface area (Å²) in [5, 5.41) is 15.1. The molecule has 1 heterocycles. The van der Waals surface area contributed by atoms with Crippen molar-refractivity contribution in [3.63, 3.8) is 0 Å². The molecule has 0 spiro atoms. The van der Waals surface area contributed by atoms with Crippen molar-refractivity contribution in [2.45, 2.75) is 20.4 Å². The van der Waals surface area contributed by atoms with Crippen molar-refractivity contribution in [1.82, 2.24) is 4.98 Å². The zero-order valence-corrected chi connectivity index (χ0v) is 12.0. The smallest absolute Gasteiger partial charge is 0.288 e. The Morgan fingerprint density at radius 3 is 2.79 bits per heavy atom. The van der Waals surface area contributed by atoms with E-state index in [1.54, 1.807) is 17.4 Å². The van der Waals surface area contributed by atoms with Crippen molar-refractivity contribution < 1.29 is 4.92 Å². The van der Waals surface area contributed by atoms with Crippen LogP contribution in [-0.4, -0.2) is 9.91 Å². The molecule has 0 saturated heterocycles. The summed E-state index contributed by atoms with van der Waals surface area (Å²) in [7, 11) is 0. The molecule has 0 saturated carbocycles. The van der Waals surface area contributed by atoms with Crippen molar-refractivity contribution in [3.8, 4) is 0 Å². The van der Waals surface area contributed by atoms with Gasteiger partial charge in [0.25, 0.3) is 5.69 Å². The first-order chi connectivity index (χ1) is 8.97. The van der Waals surface area contributed by atoms with E-state index in [4.69, 9.17) is 11.6 Å². The highest BCUT2D eigenvalue weighted by molar-refractivity contribution is 7.11. The normalized spacial score (nSPS) is 10.5. The van der Waals surface area contributed by atoms with E-state index in [9.17, 15) is 10.1 Å². The quantitative estimate of drug-likeness (QED) is 0.685. The van der Waals surface area contributed by atoms with Crippen LogP contribution in [0.15, 0.2) is 18.3 Å². The molecule has 7 heteroatoms. The van der Waals surface area contributed by atoms with Gasteiger partial charge in [-0.25, -0.2) is 4.98 Å². The first kappa shape index (κ1) is 13.8. The van der Waals surface area contributed by atoms with E-state index in [0.29, 0.717) is 6.54 Å². The first-order valence-corrected chi connectivity index (χ1v) is 6.76. The molecular weight excluding hydrogens is 286 g/mol. The molecule has 2 aromatic rings. The summed E-state index contributed by atoms with van der Waals surface area (Å²) in [6.07, 6.45) is 1.81. The number of aryl methyl sites for hydroxylation is 2. The van der Waals surface area contributed by atoms with Gasteiger partial charge < -0.3 is 5.32 Å². The molecule has 1 aromatic heterocycles. The maximum Gasteiger partial charge on any atom is 0.288 e. The molecule has 0 fully saturated rings. The molecule has 0 unspecified atom stereocenters. The van der Waals surface area contributed by atoms with Crippen molar-refractivity contribution in [3.05, 3.63) is 48.9 Å². The van der Waals surface area contributed by atoms with Crippen molar-refractivity contribution in [2.75, 3.05) is 5.32 Å². The molecule has 0 atom stereocenters. The SMILES string of the molecule is Cc1ncc(CNc2cc(Cl)c([N+](=O)[O-])cc2C)s1. The van der Waals surface area contributed by atoms with Gasteiger partial charge in [0.2, 0.25) is 0 Å². The third-order valence-electron chi connectivity index (χ3n) is 2.61. The third-order valence-corrected chi connectivity index (χ3v) is 3.83. The van der Waals surface area contributed by atoms with Gasteiger partial charge in [-0.3, -0.25) is 10.1 Å². The van der Waals surface area contributed by atoms with E-state index >= 15 is 0 Å². The predicted molar refractivity (Wildman–Crippen MR) is 77.0 cm³/mol. The molecule has 19 heavy (non-hydrogen) atoms. The van der Waals surface area contributed by atoms with E-state index in [1.165, 1.54) is 6.07 Å². The van der Waals surface area contributed by atoms with Gasteiger partial charge in [0.15, 0.2) is 0 Å². The van der Waals surface area contributed by atoms with Crippen LogP contribution in [0, 0.1) is 24.0 Å². The van der Waals surface area contributed by atoms with Crippen LogP contribution in [0.1, 0.15) is 15.4 Å². The predicted octanol–water partition coefficient (Wildman–Crippen LogP) is 3.93. The lowest BCUT2D eigenvalue weighted by Crippen LogP contribution is -2.00. The number of rotatable bonds is 4. The number of halogens is 1. The van der Waals surface area contributed by atoms with Crippen LogP contribution in [0.25, 0.3) is 0 Å². The number of benzene rings is 1. The van der Waals surface area contributed by atoms with Crippen molar-refractivity contribution >= 4 is 34.3 Å². The Hall–Kier alpha value is -1.66. The lowest BCUT2D eigenvalue weighted by molar-refractivity contribution is -0.384. The number of thiazole rings is 1. The highest BCUT2D eigenvalue weighted by Gasteiger charge is 2.14. The average Bonchev–Trinajstić information content (AvgIpc) is 2.75. The van der Waals surface area contributed by atoms with E-state index < -0.39 is 4.92 Å². The molecule has 0 radical (unpaired) electrons. The molecule has 0 aliphatic heterocycles. The summed E-state index contributed by atoms with van der Waals surface area (Å²) in [5.41, 5.74) is 1.51. The average molecular weight is 298 g/mol. The second-order valence-electron chi connectivity index (χ2n) is 4.07. The summed E-state index contributed by atoms with van der Waals surface area (Å²) in [5.74, 6) is 0. The summed E-state index contributed by atoms with van der Waals surface area (Å²) in [4.78, 5) is 15.6. The molecule has 0 aliphatic carbocycles. The van der Waals surface area contributed by atoms with Crippen LogP contribution < -0.4 is 5.32 Å². The van der Waals surface area contributed by atoms with Crippen molar-refractivity contribution in [2.24, 2.45) is 0 Å². The zero-order chi connectivity index (χ0) is 14.0. The molecule has 100 valence electrons. The largest absolute Gasteiger partial charge is 0.380 e. The number of nitro benzene ring substituents is 1. The van der Waals surface area contributed by atoms with E-state index in [-0.39, 0.29) is 10.7 Å². The summed E-state index contributed by atoms with van der Waals surface area (Å²) in [6.45, 7) is 4.38. The number of aromatic nitrogens is 1. The third kappa shape index (κ3) is 3.21. The zero-order valence-electron chi connectivity index (χ0n) is 10.4. The van der Waals surface area contributed by atoms with Crippen LogP contribution in [0.5, 0.6) is 0 Å². The molecule has 0 aliphatic rings. The van der Waals surface area contributed by atoms with E-state index in [2.05, 4.69) is 10.3 Å². The highest BCUT2D eigenvalue weighted by Crippen LogP contribution is 2.30. The van der Waals surface area contributed by atoms with Gasteiger partial charge in [-0.1, -0.05) is 11.6 Å². The van der Waals surface area contributed by atoms with Gasteiger partial charge >= 0.3 is 0 Å². The fourth-order valence-electron chi connectivity index (χ4n) is 1.67. The number of nitrogens with one attached hydrogen (secondary N) is 1. The molecule has 1 aromatic carbocycles. The lowest BCUT2D eigenvalue weighted by Gasteiger charge is -2.09. The monoisotopic (exact) mass is 297 g/mol. The minimum atomic E-state index is -0.480. The Bertz CT molecular complexity index is 627. The lowest BCUT2D eigenvalue weighted by atomic mass is 10.2. The summed E-state index contributed by atoms with van der Waals surface area (Å²) < 4.78 is 0. The minimum absolute atomic E-state index is 0.0710. The maximum atomic E-state index is 10.8. The van der Waals surface area contributed by atoms with Crippen LogP contribution in [0.2, 0.25) is 5.02 Å². The number of nitro groups is 1. The van der Waals surface area contributed by atoms with Crippen molar-refractivity contribution in [1.29, 1.82) is 0 Å². The van der Waals surface area contributed by atoms with Crippen LogP contribution >= 0.6 is 22.9 Å². The second-order valence-corrected chi connectivity index (χ2v) is 5.80. The van der Waals surface area contributed by atoms with Crippen LogP contribution in [-0.2, 0) is 6.54 Å². The van der Waals surface area contributed by atoms with Gasteiger partial charge in [0, 0.05) is 22.8 Å². The van der Waals surface area contributed by atoms with Crippen LogP contribution in [0.4, 0.5) is 11.4 Å². The van der Waals surface area contributed by atoms with E-state index in [1.807, 2.05) is 20.0 Å². The molecule has 2 rings (SSSR count). The highest BCUT2D eigenvalue weighted by atomic mass is 35.5. The fourth-order valence-corrected chi connectivity index (χ4v) is 2.63. The summed E-state index contributed by atoms with van der Waals surface area (Å²) in [6, 6.07) is 3.06. The number of nitrogens with zero attached hydrogens (tertiary/aromatic N) is 2. The maximum absolute atomic E-state index is 10.8. The minimum Gasteiger partial charge on any atom is -0.380 e. The van der Waals surface area contributed by atoms with Gasteiger partial charge in [-0.2, -0.15) is 0 Å². The number of hydrogen-bond acceptors (Lipinski definition) is 5. The Kier molecular flexibility index (Phi) is 4.01. The van der Waals surface area contributed by atoms with Gasteiger partial charge in [-0.15, -0.1) is 11.3 Å². The topological polar surface area (TPSA) is 68.1 Å². The first-order valence-electron chi connectivity index (χ1n) is 5.57. The van der Waals surface area contributed by atoms with Gasteiger partial charge in [0.1, 0.15) is 5.02 Å². The molecular formula is C12H12ClN3O2S. The van der Waals surface area contributed by atoms with Gasteiger partial charge in [0.05, 0.1) is 16.5 Å². The van der Waals surface area contributed by atoms with Crippen LogP contribution in [0.3, 0.4) is 0 Å². The molecule has 0 amide bonds. The molecule has 1 N–H and O–H groups in total. The summed E-state index contributed by atoms with van der Waals surface area (Å²) >= 11 is 7.50. The number of hydrogen-bond donors (Lipinski definition) is 1. The standard InChI is InChI=1S/C12H12ClN3O2S/c1-7-3-12(16(17)18)10(13)4-11(7)15-6-9-5-14-8(2)19-9/h3-5,15H,6H2,1-2H3. The Morgan fingerprint density at radius 1 is 1.47 bits per heavy atom. The number of anilines is 1. The fraction of sp³-hybridized carbons (Fsp3) is 0.250. The second kappa shape index (κ2) is 5.54. The van der Waals surface area contributed by atoms with Gasteiger partial charge in [-0.05, 0) is 25.5 Å². The Morgan fingerprint density at radius 2 is 2.21 bits per heavy atom. The molecule has 5 nitrogen and oxygen atoms in total.